The molecule has 1 aromatic carbocycles. The third-order valence-electron chi connectivity index (χ3n) is 1.48. The van der Waals surface area contributed by atoms with E-state index in [1.54, 1.807) is 24.3 Å². The molecule has 84 valence electrons. The first-order valence-corrected chi connectivity index (χ1v) is 6.59. The van der Waals surface area contributed by atoms with Gasteiger partial charge in [-0.25, -0.2) is 0 Å². The second kappa shape index (κ2) is 9.78. The number of hydrogen-bond acceptors (Lipinski definition) is 3. The minimum atomic E-state index is -0.282. The molecule has 4 heteroatoms. The van der Waals surface area contributed by atoms with Crippen molar-refractivity contribution >= 4 is 14.9 Å². The van der Waals surface area contributed by atoms with Crippen molar-refractivity contribution in [1.29, 1.82) is 0 Å². The molecule has 0 spiro atoms. The van der Waals surface area contributed by atoms with Crippen LogP contribution < -0.4 is 0 Å². The molecule has 0 bridgehead atoms. The van der Waals surface area contributed by atoms with Crippen molar-refractivity contribution in [3.8, 4) is 0 Å². The maximum atomic E-state index is 10.3. The summed E-state index contributed by atoms with van der Waals surface area (Å²) in [6.07, 6.45) is 0.788. The molecule has 3 nitrogen and oxygen atoms in total. The lowest BCUT2D eigenvalue weighted by Crippen LogP contribution is -1.93. The minimum absolute atomic E-state index is 0.282. The van der Waals surface area contributed by atoms with E-state index >= 15 is 0 Å². The van der Waals surface area contributed by atoms with Gasteiger partial charge in [0.2, 0.25) is 0 Å². The first kappa shape index (κ1) is 14.2. The Balaban J connectivity index is 0.000000583. The molecule has 0 aliphatic carbocycles. The van der Waals surface area contributed by atoms with Crippen LogP contribution in [0.5, 0.6) is 0 Å². The average molecular weight is 228 g/mol. The van der Waals surface area contributed by atoms with Crippen molar-refractivity contribution in [3.05, 3.63) is 35.4 Å². The zero-order valence-corrected chi connectivity index (χ0v) is 10.1. The van der Waals surface area contributed by atoms with E-state index in [0.29, 0.717) is 12.2 Å². The summed E-state index contributed by atoms with van der Waals surface area (Å²) in [7, 11) is 1.08. The van der Waals surface area contributed by atoms with Gasteiger partial charge in [0.25, 0.3) is 0 Å². The van der Waals surface area contributed by atoms with Crippen molar-refractivity contribution in [1.82, 2.24) is 0 Å². The van der Waals surface area contributed by atoms with Gasteiger partial charge in [0.15, 0.2) is 0 Å². The fourth-order valence-corrected chi connectivity index (χ4v) is 0.856. The Morgan fingerprint density at radius 2 is 1.87 bits per heavy atom. The van der Waals surface area contributed by atoms with Gasteiger partial charge in [-0.1, -0.05) is 24.3 Å². The molecule has 0 aliphatic heterocycles. The summed E-state index contributed by atoms with van der Waals surface area (Å²) in [6.45, 7) is 4.39. The van der Waals surface area contributed by atoms with E-state index in [9.17, 15) is 4.79 Å². The molecule has 1 rings (SSSR count). The van der Waals surface area contributed by atoms with Gasteiger partial charge in [0.05, 0.1) is 6.61 Å². The number of carbonyl (C=O) groups excluding carboxylic acids is 1. The van der Waals surface area contributed by atoms with Gasteiger partial charge in [0, 0.05) is 5.56 Å². The average Bonchev–Trinajstić information content (AvgIpc) is 2.28. The Kier molecular flexibility index (Phi) is 9.29. The molecule has 0 atom stereocenters. The highest BCUT2D eigenvalue weighted by molar-refractivity contribution is 7.35. The summed E-state index contributed by atoms with van der Waals surface area (Å²) < 4.78 is 4.76. The van der Waals surface area contributed by atoms with Gasteiger partial charge in [0.1, 0.15) is 13.1 Å². The van der Waals surface area contributed by atoms with E-state index in [1.807, 2.05) is 0 Å². The molecule has 0 heterocycles. The molecule has 0 amide bonds. The van der Waals surface area contributed by atoms with Gasteiger partial charge < -0.3 is 9.84 Å². The highest BCUT2D eigenvalue weighted by Gasteiger charge is 1.92. The van der Waals surface area contributed by atoms with Gasteiger partial charge in [-0.3, -0.25) is 4.79 Å². The molecule has 0 aromatic heterocycles. The third-order valence-corrected chi connectivity index (χ3v) is 1.48. The second-order valence-corrected chi connectivity index (χ2v) is 3.84. The van der Waals surface area contributed by atoms with Crippen molar-refractivity contribution < 1.29 is 14.6 Å². The number of aliphatic hydroxyl groups excluding tert-OH is 1. The second-order valence-electron chi connectivity index (χ2n) is 2.84. The monoisotopic (exact) mass is 228 g/mol. The Labute approximate surface area is 92.2 Å². The van der Waals surface area contributed by atoms with Crippen LogP contribution in [0.4, 0.5) is 0 Å². The predicted molar refractivity (Wildman–Crippen MR) is 63.9 cm³/mol. The van der Waals surface area contributed by atoms with E-state index in [2.05, 4.69) is 13.3 Å². The van der Waals surface area contributed by atoms with Crippen LogP contribution in [0.3, 0.4) is 0 Å². The topological polar surface area (TPSA) is 46.5 Å². The van der Waals surface area contributed by atoms with Crippen LogP contribution >= 0.6 is 8.58 Å². The summed E-state index contributed by atoms with van der Waals surface area (Å²) in [5.41, 5.74) is 1.58. The minimum Gasteiger partial charge on any atom is -0.371 e. The number of aliphatic hydroxyl groups is 1. The first-order valence-electron chi connectivity index (χ1n) is 4.59. The van der Waals surface area contributed by atoms with Crippen LogP contribution in [0.2, 0.25) is 0 Å². The van der Waals surface area contributed by atoms with Gasteiger partial charge in [-0.05, 0) is 18.9 Å². The fourth-order valence-electron chi connectivity index (χ4n) is 0.856. The normalized spacial score (nSPS) is 9.00. The summed E-state index contributed by atoms with van der Waals surface area (Å²) in [6, 6.07) is 7.00. The number of aldehydes is 1. The van der Waals surface area contributed by atoms with E-state index < -0.39 is 0 Å². The van der Waals surface area contributed by atoms with Gasteiger partial charge >= 0.3 is 0 Å². The Bertz CT molecular complexity index is 259. The Hall–Kier alpha value is -0.760. The van der Waals surface area contributed by atoms with E-state index in [0.717, 1.165) is 20.4 Å². The summed E-state index contributed by atoms with van der Waals surface area (Å²) >= 11 is 0. The van der Waals surface area contributed by atoms with Crippen molar-refractivity contribution in [2.45, 2.75) is 6.61 Å². The highest BCUT2D eigenvalue weighted by Crippen LogP contribution is 2.03. The molecule has 0 fully saturated rings. The smallest absolute Gasteiger partial charge is 0.150 e. The standard InChI is InChI=1S/C9H10O3.C2H7P/c10-5-8-1-3-9(4-2-8)6-12-7-11;1-3-2/h1-5,11H,6-7H2;3H,1-2H3. The molecule has 1 N–H and O–H groups in total. The van der Waals surface area contributed by atoms with Crippen molar-refractivity contribution in [2.75, 3.05) is 20.1 Å². The zero-order chi connectivity index (χ0) is 11.5. The van der Waals surface area contributed by atoms with E-state index in [-0.39, 0.29) is 6.79 Å². The van der Waals surface area contributed by atoms with Crippen LogP contribution in [0, 0.1) is 0 Å². The number of ether oxygens (including phenoxy) is 1. The maximum absolute atomic E-state index is 10.3. The number of rotatable bonds is 4. The van der Waals surface area contributed by atoms with Crippen molar-refractivity contribution in [2.24, 2.45) is 0 Å². The Morgan fingerprint density at radius 3 is 2.27 bits per heavy atom. The highest BCUT2D eigenvalue weighted by atomic mass is 31.1. The number of hydrogen-bond donors (Lipinski definition) is 1. The largest absolute Gasteiger partial charge is 0.371 e. The molecule has 1 aromatic rings. The van der Waals surface area contributed by atoms with Crippen LogP contribution in [-0.2, 0) is 11.3 Å². The molecular formula is C11H17O3P. The molecule has 15 heavy (non-hydrogen) atoms. The Morgan fingerprint density at radius 1 is 1.33 bits per heavy atom. The van der Waals surface area contributed by atoms with E-state index in [1.165, 1.54) is 0 Å². The molecule has 0 unspecified atom stereocenters. The molecule has 0 aliphatic rings. The SMILES string of the molecule is CPC.O=Cc1ccc(COCO)cc1. The summed E-state index contributed by atoms with van der Waals surface area (Å²) in [5, 5.41) is 8.35. The van der Waals surface area contributed by atoms with Crippen LogP contribution in [-0.4, -0.2) is 31.5 Å². The fraction of sp³-hybridized carbons (Fsp3) is 0.364. The molecule has 0 saturated heterocycles. The van der Waals surface area contributed by atoms with E-state index in [4.69, 9.17) is 9.84 Å². The lowest BCUT2D eigenvalue weighted by molar-refractivity contribution is -0.0112. The third kappa shape index (κ3) is 7.20. The first-order chi connectivity index (χ1) is 7.28. The molecule has 0 radical (unpaired) electrons. The quantitative estimate of drug-likeness (QED) is 0.486. The molecular weight excluding hydrogens is 211 g/mol. The predicted octanol–water partition coefficient (Wildman–Crippen LogP) is 1.89. The lowest BCUT2D eigenvalue weighted by atomic mass is 10.2. The van der Waals surface area contributed by atoms with Gasteiger partial charge in [-0.2, -0.15) is 0 Å². The summed E-state index contributed by atoms with van der Waals surface area (Å²) in [5.74, 6) is 0. The van der Waals surface area contributed by atoms with Crippen LogP contribution in [0.1, 0.15) is 15.9 Å². The number of carbonyl (C=O) groups is 1. The zero-order valence-electron chi connectivity index (χ0n) is 9.06. The van der Waals surface area contributed by atoms with Crippen LogP contribution in [0.15, 0.2) is 24.3 Å². The van der Waals surface area contributed by atoms with Crippen LogP contribution in [0.25, 0.3) is 0 Å². The van der Waals surface area contributed by atoms with Gasteiger partial charge in [-0.15, -0.1) is 8.58 Å². The maximum Gasteiger partial charge on any atom is 0.150 e. The van der Waals surface area contributed by atoms with Crippen molar-refractivity contribution in [3.63, 3.8) is 0 Å². The lowest BCUT2D eigenvalue weighted by Gasteiger charge is -1.99. The summed E-state index contributed by atoms with van der Waals surface area (Å²) in [4.78, 5) is 10.3. The molecule has 0 saturated carbocycles. The number of benzene rings is 1.